The lowest BCUT2D eigenvalue weighted by molar-refractivity contribution is 0.352. The summed E-state index contributed by atoms with van der Waals surface area (Å²) in [6.45, 7) is 0.989. The molecule has 2 aromatic rings. The van der Waals surface area contributed by atoms with Crippen LogP contribution in [0.1, 0.15) is 11.3 Å². The van der Waals surface area contributed by atoms with Crippen molar-refractivity contribution in [2.75, 3.05) is 20.6 Å². The molecule has 1 aromatic heterocycles. The van der Waals surface area contributed by atoms with E-state index in [2.05, 4.69) is 16.7 Å². The van der Waals surface area contributed by atoms with E-state index in [0.717, 1.165) is 12.1 Å². The van der Waals surface area contributed by atoms with Gasteiger partial charge >= 0.3 is 0 Å². The average Bonchev–Trinajstić information content (AvgIpc) is 2.72. The third kappa shape index (κ3) is 1.87. The lowest BCUT2D eigenvalue weighted by atomic mass is 10.1. The average molecular weight is 293 g/mol. The van der Waals surface area contributed by atoms with Crippen LogP contribution >= 0.6 is 0 Å². The van der Waals surface area contributed by atoms with Crippen molar-refractivity contribution in [2.24, 2.45) is 7.05 Å². The van der Waals surface area contributed by atoms with Crippen LogP contribution in [0.25, 0.3) is 10.9 Å². The molecule has 0 atom stereocenters. The predicted octanol–water partition coefficient (Wildman–Crippen LogP) is 1.34. The highest BCUT2D eigenvalue weighted by molar-refractivity contribution is 7.86. The SMILES string of the molecule is CN(C)S(=O)(=O)N1CCc2c(n(C)c3ccccc23)C1. The third-order valence-corrected chi connectivity index (χ3v) is 5.96. The van der Waals surface area contributed by atoms with Crippen LogP contribution in [0.5, 0.6) is 0 Å². The Hall–Kier alpha value is -1.37. The second kappa shape index (κ2) is 4.58. The van der Waals surface area contributed by atoms with Crippen molar-refractivity contribution in [2.45, 2.75) is 13.0 Å². The molecule has 2 heterocycles. The first-order chi connectivity index (χ1) is 9.43. The van der Waals surface area contributed by atoms with Crippen molar-refractivity contribution >= 4 is 21.1 Å². The Morgan fingerprint density at radius 2 is 1.90 bits per heavy atom. The lowest BCUT2D eigenvalue weighted by Crippen LogP contribution is -2.43. The monoisotopic (exact) mass is 293 g/mol. The molecule has 3 rings (SSSR count). The Morgan fingerprint density at radius 3 is 2.60 bits per heavy atom. The fraction of sp³-hybridized carbons (Fsp3) is 0.429. The van der Waals surface area contributed by atoms with Crippen LogP contribution in [0.2, 0.25) is 0 Å². The fourth-order valence-electron chi connectivity index (χ4n) is 2.92. The normalized spacial score (nSPS) is 16.8. The molecule has 0 aliphatic carbocycles. The van der Waals surface area contributed by atoms with Crippen molar-refractivity contribution in [3.05, 3.63) is 35.5 Å². The van der Waals surface area contributed by atoms with Crippen LogP contribution in [0.3, 0.4) is 0 Å². The van der Waals surface area contributed by atoms with Crippen molar-refractivity contribution in [3.63, 3.8) is 0 Å². The van der Waals surface area contributed by atoms with Gasteiger partial charge in [0.1, 0.15) is 0 Å². The first kappa shape index (κ1) is 13.6. The highest BCUT2D eigenvalue weighted by Gasteiger charge is 2.31. The zero-order chi connectivity index (χ0) is 14.5. The number of fused-ring (bicyclic) bond motifs is 3. The number of rotatable bonds is 2. The highest BCUT2D eigenvalue weighted by atomic mass is 32.2. The predicted molar refractivity (Wildman–Crippen MR) is 79.6 cm³/mol. The largest absolute Gasteiger partial charge is 0.346 e. The number of hydrogen-bond donors (Lipinski definition) is 0. The molecule has 1 aliphatic rings. The van der Waals surface area contributed by atoms with Crippen molar-refractivity contribution < 1.29 is 8.42 Å². The van der Waals surface area contributed by atoms with Gasteiger partial charge in [-0.2, -0.15) is 17.0 Å². The molecule has 5 nitrogen and oxygen atoms in total. The van der Waals surface area contributed by atoms with Crippen molar-refractivity contribution in [1.29, 1.82) is 0 Å². The topological polar surface area (TPSA) is 45.6 Å². The maximum absolute atomic E-state index is 12.3. The Bertz CT molecular complexity index is 762. The van der Waals surface area contributed by atoms with Crippen molar-refractivity contribution in [3.8, 4) is 0 Å². The Balaban J connectivity index is 2.09. The van der Waals surface area contributed by atoms with Gasteiger partial charge in [0.05, 0.1) is 6.54 Å². The molecule has 0 bridgehead atoms. The number of benzene rings is 1. The second-order valence-corrected chi connectivity index (χ2v) is 7.52. The molecule has 20 heavy (non-hydrogen) atoms. The van der Waals surface area contributed by atoms with Gasteiger partial charge in [-0.3, -0.25) is 0 Å². The van der Waals surface area contributed by atoms with E-state index in [1.807, 2.05) is 19.2 Å². The molecule has 0 spiro atoms. The van der Waals surface area contributed by atoms with Gasteiger partial charge in [-0.15, -0.1) is 0 Å². The molecular formula is C14H19N3O2S. The molecule has 0 N–H and O–H groups in total. The summed E-state index contributed by atoms with van der Waals surface area (Å²) in [5.74, 6) is 0. The summed E-state index contributed by atoms with van der Waals surface area (Å²) in [6, 6.07) is 8.25. The molecule has 0 amide bonds. The fourth-order valence-corrected chi connectivity index (χ4v) is 3.98. The Kier molecular flexibility index (Phi) is 3.12. The van der Waals surface area contributed by atoms with Gasteiger partial charge in [-0.25, -0.2) is 0 Å². The van der Waals surface area contributed by atoms with Gasteiger partial charge in [0, 0.05) is 44.3 Å². The van der Waals surface area contributed by atoms with Gasteiger partial charge in [0.2, 0.25) is 0 Å². The van der Waals surface area contributed by atoms with Crippen molar-refractivity contribution in [1.82, 2.24) is 13.2 Å². The van der Waals surface area contributed by atoms with Gasteiger partial charge in [0.15, 0.2) is 0 Å². The molecule has 0 radical (unpaired) electrons. The van der Waals surface area contributed by atoms with Crippen LogP contribution in [0.4, 0.5) is 0 Å². The van der Waals surface area contributed by atoms with Crippen LogP contribution < -0.4 is 0 Å². The van der Waals surface area contributed by atoms with Crippen LogP contribution in [-0.2, 0) is 30.2 Å². The number of nitrogens with zero attached hydrogens (tertiary/aromatic N) is 3. The maximum Gasteiger partial charge on any atom is 0.281 e. The Morgan fingerprint density at radius 1 is 1.20 bits per heavy atom. The number of hydrogen-bond acceptors (Lipinski definition) is 2. The summed E-state index contributed by atoms with van der Waals surface area (Å²) in [4.78, 5) is 0. The molecule has 108 valence electrons. The standard InChI is InChI=1S/C14H19N3O2S/c1-15(2)20(18,19)17-9-8-12-11-6-4-5-7-13(11)16(3)14(12)10-17/h4-7H,8-10H2,1-3H3. The summed E-state index contributed by atoms with van der Waals surface area (Å²) >= 11 is 0. The third-order valence-electron chi connectivity index (χ3n) is 4.07. The zero-order valence-corrected chi connectivity index (χ0v) is 12.8. The smallest absolute Gasteiger partial charge is 0.281 e. The van der Waals surface area contributed by atoms with Gasteiger partial charge in [-0.05, 0) is 18.1 Å². The van der Waals surface area contributed by atoms with E-state index < -0.39 is 10.2 Å². The summed E-state index contributed by atoms with van der Waals surface area (Å²) < 4.78 is 29.5. The van der Waals surface area contributed by atoms with Crippen LogP contribution in [0, 0.1) is 0 Å². The van der Waals surface area contributed by atoms with E-state index in [9.17, 15) is 8.42 Å². The minimum Gasteiger partial charge on any atom is -0.346 e. The molecule has 0 saturated carbocycles. The number of aromatic nitrogens is 1. The van der Waals surface area contributed by atoms with E-state index in [1.54, 1.807) is 18.4 Å². The second-order valence-electron chi connectivity index (χ2n) is 5.38. The van der Waals surface area contributed by atoms with Crippen LogP contribution in [0.15, 0.2) is 24.3 Å². The molecule has 1 aromatic carbocycles. The molecular weight excluding hydrogens is 274 g/mol. The Labute approximate surface area is 119 Å². The minimum atomic E-state index is -3.34. The minimum absolute atomic E-state index is 0.445. The molecule has 0 saturated heterocycles. The summed E-state index contributed by atoms with van der Waals surface area (Å²) in [6.07, 6.45) is 0.768. The summed E-state index contributed by atoms with van der Waals surface area (Å²) in [7, 11) is 1.81. The number of aryl methyl sites for hydroxylation is 1. The van der Waals surface area contributed by atoms with Gasteiger partial charge in [0.25, 0.3) is 10.2 Å². The highest BCUT2D eigenvalue weighted by Crippen LogP contribution is 2.30. The van der Waals surface area contributed by atoms with E-state index in [0.29, 0.717) is 13.1 Å². The molecule has 6 heteroatoms. The van der Waals surface area contributed by atoms with E-state index in [-0.39, 0.29) is 0 Å². The molecule has 1 aliphatic heterocycles. The first-order valence-electron chi connectivity index (χ1n) is 6.65. The van der Waals surface area contributed by atoms with Gasteiger partial charge in [-0.1, -0.05) is 18.2 Å². The van der Waals surface area contributed by atoms with E-state index >= 15 is 0 Å². The zero-order valence-electron chi connectivity index (χ0n) is 12.0. The van der Waals surface area contributed by atoms with E-state index in [4.69, 9.17) is 0 Å². The quantitative estimate of drug-likeness (QED) is 0.839. The summed E-state index contributed by atoms with van der Waals surface area (Å²) in [5.41, 5.74) is 3.55. The molecule has 0 fully saturated rings. The van der Waals surface area contributed by atoms with E-state index in [1.165, 1.54) is 20.8 Å². The maximum atomic E-state index is 12.3. The first-order valence-corrected chi connectivity index (χ1v) is 8.05. The lowest BCUT2D eigenvalue weighted by Gasteiger charge is -2.29. The number of para-hydroxylation sites is 1. The van der Waals surface area contributed by atoms with Crippen LogP contribution in [-0.4, -0.2) is 42.2 Å². The molecule has 0 unspecified atom stereocenters. The van der Waals surface area contributed by atoms with Gasteiger partial charge < -0.3 is 4.57 Å². The summed E-state index contributed by atoms with van der Waals surface area (Å²) in [5, 5.41) is 1.24.